The van der Waals surface area contributed by atoms with Gasteiger partial charge in [0.1, 0.15) is 18.2 Å². The Kier molecular flexibility index (Phi) is 50.0. The lowest BCUT2D eigenvalue weighted by molar-refractivity contribution is -0.758. The SMILES string of the molecule is C#CC#CC#CC#CC#CC#CC#CC#CC#CC#CC#CC#CC#CC#CC#CC#CC#CC#CC#CC#CC#CC.CC[C@@H]1/C=C(\C)C[C@H](C)C[C@H](OC)[C@H]2O[C@@](O)(C(=O)C(=O)N3CCCC[C@H]3C(=O)O[C@H](/C(C)=C/[C@@H]3CCC[C@H](OC)C3)[C@H](C)/C=C/C1=O)[C@H](C)C[C@@H]2OC.OOOOONOOOOO.[HH].[HH].[HH].[HH].[HH].[HH].[HH].[HH].[HH].[HH].[HH].[HH].[HH].[HH].[HH].[HH].[HH].[HH].[HH].[HH].[HH].[HH].[HH].[HH].[HH].[HH].[HH].[HH].[HH].[HH].[HH]. The normalized spacial score (nSPS) is 22.7. The maximum atomic E-state index is 14.2. The second kappa shape index (κ2) is 58.9. The fourth-order valence-corrected chi connectivity index (χ4v) is 10.4. The fraction of sp³-hybridized carbons (Fsp3) is 0.395. The highest BCUT2D eigenvalue weighted by Gasteiger charge is 2.56. The number of rotatable bonds is 14. The number of piperidine rings is 1. The largest absolute Gasteiger partial charge is 0.456 e. The number of nitrogens with zero attached hydrogens (tertiary/aromatic N) is 1. The summed E-state index contributed by atoms with van der Waals surface area (Å²) in [6.45, 7) is 13.5. The fourth-order valence-electron chi connectivity index (χ4n) is 10.4. The number of nitrogens with one attached hydrogen (secondary N) is 1. The van der Waals surface area contributed by atoms with Crippen LogP contribution in [0, 0.1) is 279 Å². The number of allylic oxidation sites excluding steroid dienone is 4. The van der Waals surface area contributed by atoms with Gasteiger partial charge in [-0.2, -0.15) is 0 Å². The van der Waals surface area contributed by atoms with Gasteiger partial charge in [-0.05, 0) is 239 Å². The Morgan fingerprint density at radius 1 is 0.611 bits per heavy atom. The zero-order valence-corrected chi connectivity index (χ0v) is 61.0. The molecule has 3 heterocycles. The standard InChI is InChI=1S/C43H67NO10.C43H4.H3NO10.31H2/c1-10-32-21-26(2)20-27(3)22-36(51-8)39-37(52-9)24-30(6)43(49,54-39)40(46)41(47)44-19-12-11-16-34(44)42(48)53-38(28(4)17-18-35(32)45)29(5)23-31-14-13-15-33(25-31)50-7;1-3-5-7-9-11-13-15-17-19-21-23-25-27-29-31-33-35-37-39-41-43-42-40-38-36-34-32-30-28-26-24-22-20-18-16-14-12-10-8-6-4-2;2-6-10-8-4-1-5-9-11-7-3;;;;;;;;;;;;;;;;;;;;;;;;;;;;;;;/h17-18,21,23,27-28,30-34,36-39,49H,10-16,19-20,22,24-25H2,1-9H3;1H,2H3;1-3H;31*1H/b18-17+,26-21+,29-23+;;;;;;;;;;;;;;;;;;;;;;;;;;;;;;;;;/t27-,28+,30+,31-,32+,33-,34-,36-,37-,38-,39+,43+;;;;;;;;;;;;;;;;;;;;;;;;;;;;;;;;;/m0................................./s1. The molecule has 0 radical (unpaired) electrons. The molecule has 22 nitrogen and oxygen atoms in total. The van der Waals surface area contributed by atoms with Gasteiger partial charge in [-0.1, -0.05) is 73.8 Å². The molecule has 22 heteroatoms. The van der Waals surface area contributed by atoms with Gasteiger partial charge in [0.15, 0.2) is 5.78 Å². The number of terminal acetylenes is 1. The first-order chi connectivity index (χ1) is 52.5. The summed E-state index contributed by atoms with van der Waals surface area (Å²) in [4.78, 5) is 64.7. The molecule has 2 saturated heterocycles. The molecule has 2 bridgehead atoms. The third-order valence-corrected chi connectivity index (χ3v) is 15.1. The number of carbonyl (C=O) groups is 4. The summed E-state index contributed by atoms with van der Waals surface area (Å²) >= 11 is 0. The molecule has 0 unspecified atom stereocenters. The zero-order chi connectivity index (χ0) is 79.1. The number of esters is 1. The maximum absolute atomic E-state index is 14.2. The molecule has 4 rings (SSSR count). The summed E-state index contributed by atoms with van der Waals surface area (Å²) in [6, 6.07) is -1.03. The summed E-state index contributed by atoms with van der Waals surface area (Å²) in [5.74, 6) is 95.6. The van der Waals surface area contributed by atoms with Crippen LogP contribution in [0.5, 0.6) is 0 Å². The second-order valence-electron chi connectivity index (χ2n) is 22.5. The summed E-state index contributed by atoms with van der Waals surface area (Å²) in [7, 11) is 4.84. The van der Waals surface area contributed by atoms with Gasteiger partial charge in [0, 0.05) is 232 Å². The highest BCUT2D eigenvalue weighted by atomic mass is 17.8. The molecule has 4 N–H and O–H groups in total. The van der Waals surface area contributed by atoms with Crippen molar-refractivity contribution in [3.8, 4) is 249 Å². The number of methoxy groups -OCH3 is 3. The lowest BCUT2D eigenvalue weighted by Crippen LogP contribution is -2.64. The lowest BCUT2D eigenvalue weighted by atomic mass is 9.82. The highest BCUT2D eigenvalue weighted by Crippen LogP contribution is 2.39. The summed E-state index contributed by atoms with van der Waals surface area (Å²) in [5.41, 5.74) is 3.30. The Hall–Kier alpha value is -12.4. The third kappa shape index (κ3) is 39.5. The van der Waals surface area contributed by atoms with Crippen LogP contribution in [-0.2, 0) is 83.1 Å². The van der Waals surface area contributed by atoms with E-state index < -0.39 is 59.8 Å². The molecule has 0 spiro atoms. The van der Waals surface area contributed by atoms with Crippen LogP contribution in [0.2, 0.25) is 0 Å². The van der Waals surface area contributed by atoms with Crippen molar-refractivity contribution in [2.24, 2.45) is 29.6 Å². The Bertz CT molecular complexity index is 4780. The first-order valence-corrected chi connectivity index (χ1v) is 32.8. The number of amides is 1. The minimum absolute atomic E-state index is 0. The number of ketones is 2. The van der Waals surface area contributed by atoms with E-state index in [2.05, 4.69) is 296 Å². The summed E-state index contributed by atoms with van der Waals surface area (Å²) < 4.78 is 30.0. The molecule has 1 saturated carbocycles. The number of hydrogen-bond donors (Lipinski definition) is 4. The van der Waals surface area contributed by atoms with Gasteiger partial charge in [-0.25, -0.2) is 15.3 Å². The van der Waals surface area contributed by atoms with E-state index in [1.165, 1.54) is 10.5 Å². The first kappa shape index (κ1) is 91.7. The average Bonchev–Trinajstić information content (AvgIpc) is 0.822. The predicted octanol–water partition coefficient (Wildman–Crippen LogP) is 13.6. The van der Waals surface area contributed by atoms with Gasteiger partial charge in [0.05, 0.1) is 18.3 Å². The first-order valence-electron chi connectivity index (χ1n) is 32.8. The van der Waals surface area contributed by atoms with Crippen molar-refractivity contribution < 1.29 is 143 Å². The van der Waals surface area contributed by atoms with E-state index in [4.69, 9.17) is 40.6 Å². The summed E-state index contributed by atoms with van der Waals surface area (Å²) in [5, 5.41) is 45.9. The molecule has 0 aromatic carbocycles. The van der Waals surface area contributed by atoms with Gasteiger partial charge in [0.25, 0.3) is 11.7 Å². The smallest absolute Gasteiger partial charge is 0.329 e. The molecule has 0 aromatic heterocycles. The topological polar surface area (TPSA) is 264 Å². The quantitative estimate of drug-likeness (QED) is 0.0239. The number of aliphatic hydroxyl groups is 1. The van der Waals surface area contributed by atoms with E-state index in [-0.39, 0.29) is 92.8 Å². The highest BCUT2D eigenvalue weighted by molar-refractivity contribution is 6.39. The Labute approximate surface area is 679 Å². The number of carbonyl (C=O) groups excluding carboxylic acids is 4. The molecule has 12 atom stereocenters. The number of hydrogen-bond acceptors (Lipinski definition) is 21. The summed E-state index contributed by atoms with van der Waals surface area (Å²) in [6.07, 6.45) is 17.7. The zero-order valence-electron chi connectivity index (χ0n) is 61.0. The second-order valence-corrected chi connectivity index (χ2v) is 22.5. The van der Waals surface area contributed by atoms with Gasteiger partial charge >= 0.3 is 5.97 Å². The molecule has 4 aliphatic rings. The van der Waals surface area contributed by atoms with Gasteiger partial charge in [-0.15, -0.1) is 6.42 Å². The van der Waals surface area contributed by atoms with Crippen LogP contribution >= 0.6 is 0 Å². The van der Waals surface area contributed by atoms with Crippen LogP contribution in [0.1, 0.15) is 163 Å². The van der Waals surface area contributed by atoms with Gasteiger partial charge in [-0.3, -0.25) is 14.4 Å². The minimum Gasteiger partial charge on any atom is -0.456 e. The van der Waals surface area contributed by atoms with Crippen molar-refractivity contribution in [1.29, 1.82) is 0 Å². The van der Waals surface area contributed by atoms with Crippen LogP contribution in [0.3, 0.4) is 0 Å². The van der Waals surface area contributed by atoms with Crippen molar-refractivity contribution in [3.63, 3.8) is 0 Å². The van der Waals surface area contributed by atoms with Crippen LogP contribution in [-0.4, -0.2) is 114 Å². The molecule has 1 aliphatic carbocycles. The Balaban J connectivity index is -0.0000000462. The number of Topliss-reactive ketones (excluding diaryl/α,β-unsaturated/α-hetero) is 1. The molecule has 0 aromatic rings. The van der Waals surface area contributed by atoms with Crippen LogP contribution in [0.4, 0.5) is 0 Å². The maximum Gasteiger partial charge on any atom is 0.329 e. The average molecular weight is 1520 g/mol. The third-order valence-electron chi connectivity index (χ3n) is 15.1. The Morgan fingerprint density at radius 2 is 1.06 bits per heavy atom. The molecule has 3 fully saturated rings. The molecular formula is C86H136N2O20. The van der Waals surface area contributed by atoms with Crippen LogP contribution in [0.15, 0.2) is 35.5 Å². The minimum atomic E-state index is -2.45. The van der Waals surface area contributed by atoms with Gasteiger partial charge < -0.3 is 33.7 Å². The van der Waals surface area contributed by atoms with Crippen LogP contribution in [0.25, 0.3) is 0 Å². The van der Waals surface area contributed by atoms with E-state index in [1.807, 2.05) is 39.8 Å². The van der Waals surface area contributed by atoms with E-state index >= 15 is 0 Å². The molecule has 108 heavy (non-hydrogen) atoms. The predicted molar refractivity (Wildman–Crippen MR) is 458 cm³/mol. The van der Waals surface area contributed by atoms with Gasteiger partial charge in [0.2, 0.25) is 5.79 Å². The monoisotopic (exact) mass is 1520 g/mol. The molecular weight excluding hydrogens is 1380 g/mol. The van der Waals surface area contributed by atoms with Crippen molar-refractivity contribution in [2.75, 3.05) is 27.9 Å². The van der Waals surface area contributed by atoms with E-state index in [1.54, 1.807) is 41.3 Å². The lowest BCUT2D eigenvalue weighted by Gasteiger charge is -2.47. The molecule has 610 valence electrons. The van der Waals surface area contributed by atoms with Crippen molar-refractivity contribution in [3.05, 3.63) is 35.5 Å². The number of fused-ring (bicyclic) bond motifs is 3. The molecule has 3 aliphatic heterocycles. The number of cyclic esters (lactones) is 1. The number of ether oxygens (including phenoxy) is 5. The molecule has 1 amide bonds. The van der Waals surface area contributed by atoms with E-state index in [0.29, 0.717) is 38.5 Å². The van der Waals surface area contributed by atoms with Crippen molar-refractivity contribution in [1.82, 2.24) is 10.5 Å². The van der Waals surface area contributed by atoms with E-state index in [0.717, 1.165) is 36.8 Å². The Morgan fingerprint density at radius 3 is 1.47 bits per heavy atom. The van der Waals surface area contributed by atoms with Crippen molar-refractivity contribution >= 4 is 23.4 Å². The van der Waals surface area contributed by atoms with E-state index in [9.17, 15) is 24.3 Å². The van der Waals surface area contributed by atoms with Crippen molar-refractivity contribution in [2.45, 2.75) is 161 Å². The van der Waals surface area contributed by atoms with Crippen LogP contribution < -0.4 is 5.64 Å².